The van der Waals surface area contributed by atoms with E-state index in [0.717, 1.165) is 37.3 Å². The fourth-order valence-corrected chi connectivity index (χ4v) is 3.15. The summed E-state index contributed by atoms with van der Waals surface area (Å²) in [5.74, 6) is 0.106. The van der Waals surface area contributed by atoms with Crippen LogP contribution < -0.4 is 0 Å². The van der Waals surface area contributed by atoms with Gasteiger partial charge in [0.25, 0.3) is 0 Å². The monoisotopic (exact) mass is 302 g/mol. The SMILES string of the molecule is Cc1cc(C)n(CC2CCCN2C(=O)C(C)n2cncn2)n1. The molecule has 7 heteroatoms. The molecule has 1 fully saturated rings. The lowest BCUT2D eigenvalue weighted by atomic mass is 10.2. The molecule has 0 N–H and O–H groups in total. The number of carbonyl (C=O) groups is 1. The predicted molar refractivity (Wildman–Crippen MR) is 81.2 cm³/mol. The largest absolute Gasteiger partial charge is 0.336 e. The number of hydrogen-bond acceptors (Lipinski definition) is 4. The van der Waals surface area contributed by atoms with Crippen LogP contribution >= 0.6 is 0 Å². The van der Waals surface area contributed by atoms with E-state index in [2.05, 4.69) is 28.2 Å². The van der Waals surface area contributed by atoms with E-state index >= 15 is 0 Å². The van der Waals surface area contributed by atoms with Crippen LogP contribution in [0.1, 0.15) is 37.2 Å². The Hall–Kier alpha value is -2.18. The minimum atomic E-state index is -0.316. The highest BCUT2D eigenvalue weighted by Gasteiger charge is 2.32. The Morgan fingerprint density at radius 3 is 2.91 bits per heavy atom. The third kappa shape index (κ3) is 2.75. The van der Waals surface area contributed by atoms with Crippen LogP contribution in [0.25, 0.3) is 0 Å². The molecule has 0 aliphatic carbocycles. The van der Waals surface area contributed by atoms with Gasteiger partial charge in [0, 0.05) is 12.2 Å². The second kappa shape index (κ2) is 5.90. The number of carbonyl (C=O) groups excluding carboxylic acids is 1. The van der Waals surface area contributed by atoms with Gasteiger partial charge in [-0.1, -0.05) is 0 Å². The molecule has 0 saturated carbocycles. The summed E-state index contributed by atoms with van der Waals surface area (Å²) in [4.78, 5) is 18.6. The molecule has 1 saturated heterocycles. The average Bonchev–Trinajstić information content (AvgIpc) is 3.20. The molecule has 3 heterocycles. The maximum atomic E-state index is 12.7. The molecule has 2 unspecified atom stereocenters. The van der Waals surface area contributed by atoms with Crippen molar-refractivity contribution in [1.82, 2.24) is 29.4 Å². The van der Waals surface area contributed by atoms with Crippen LogP contribution in [0.15, 0.2) is 18.7 Å². The number of rotatable bonds is 4. The van der Waals surface area contributed by atoms with Crippen LogP contribution in [-0.4, -0.2) is 47.9 Å². The van der Waals surface area contributed by atoms with Crippen molar-refractivity contribution in [3.05, 3.63) is 30.1 Å². The Balaban J connectivity index is 1.72. The van der Waals surface area contributed by atoms with Crippen molar-refractivity contribution in [2.75, 3.05) is 6.54 Å². The topological polar surface area (TPSA) is 68.8 Å². The van der Waals surface area contributed by atoms with Crippen LogP contribution in [0.4, 0.5) is 0 Å². The number of nitrogens with zero attached hydrogens (tertiary/aromatic N) is 6. The van der Waals surface area contributed by atoms with Gasteiger partial charge in [-0.05, 0) is 39.7 Å². The molecule has 2 aromatic heterocycles. The van der Waals surface area contributed by atoms with E-state index in [-0.39, 0.29) is 18.0 Å². The highest BCUT2D eigenvalue weighted by Crippen LogP contribution is 2.23. The number of hydrogen-bond donors (Lipinski definition) is 0. The minimum Gasteiger partial charge on any atom is -0.336 e. The summed E-state index contributed by atoms with van der Waals surface area (Å²) in [5, 5.41) is 8.59. The molecule has 1 aliphatic rings. The van der Waals surface area contributed by atoms with Crippen LogP contribution in [0.2, 0.25) is 0 Å². The van der Waals surface area contributed by atoms with Gasteiger partial charge in [-0.2, -0.15) is 10.2 Å². The van der Waals surface area contributed by atoms with E-state index in [9.17, 15) is 4.79 Å². The van der Waals surface area contributed by atoms with Gasteiger partial charge >= 0.3 is 0 Å². The van der Waals surface area contributed by atoms with Crippen molar-refractivity contribution < 1.29 is 4.79 Å². The summed E-state index contributed by atoms with van der Waals surface area (Å²) >= 11 is 0. The van der Waals surface area contributed by atoms with Crippen molar-refractivity contribution in [2.24, 2.45) is 0 Å². The summed E-state index contributed by atoms with van der Waals surface area (Å²) in [5.41, 5.74) is 2.16. The molecule has 2 aromatic rings. The maximum Gasteiger partial charge on any atom is 0.247 e. The minimum absolute atomic E-state index is 0.106. The van der Waals surface area contributed by atoms with Gasteiger partial charge in [0.15, 0.2) is 0 Å². The van der Waals surface area contributed by atoms with E-state index in [1.165, 1.54) is 6.33 Å². The molecule has 0 radical (unpaired) electrons. The molecule has 7 nitrogen and oxygen atoms in total. The smallest absolute Gasteiger partial charge is 0.247 e. The number of likely N-dealkylation sites (tertiary alicyclic amines) is 1. The normalized spacial score (nSPS) is 19.6. The van der Waals surface area contributed by atoms with Crippen molar-refractivity contribution in [1.29, 1.82) is 0 Å². The first kappa shape index (κ1) is 14.7. The Kier molecular flexibility index (Phi) is 3.96. The van der Waals surface area contributed by atoms with Crippen LogP contribution in [0.5, 0.6) is 0 Å². The van der Waals surface area contributed by atoms with Crippen LogP contribution in [0.3, 0.4) is 0 Å². The van der Waals surface area contributed by atoms with Gasteiger partial charge < -0.3 is 4.90 Å². The number of aromatic nitrogens is 5. The number of aryl methyl sites for hydroxylation is 2. The van der Waals surface area contributed by atoms with Gasteiger partial charge in [0.2, 0.25) is 5.91 Å². The van der Waals surface area contributed by atoms with Crippen molar-refractivity contribution in [2.45, 2.75) is 52.2 Å². The molecule has 118 valence electrons. The molecule has 1 amide bonds. The van der Waals surface area contributed by atoms with Crippen molar-refractivity contribution >= 4 is 5.91 Å². The van der Waals surface area contributed by atoms with E-state index < -0.39 is 0 Å². The summed E-state index contributed by atoms with van der Waals surface area (Å²) in [7, 11) is 0. The zero-order valence-electron chi connectivity index (χ0n) is 13.3. The maximum absolute atomic E-state index is 12.7. The summed E-state index contributed by atoms with van der Waals surface area (Å²) in [6, 6.07) is 1.96. The Labute approximate surface area is 129 Å². The molecule has 0 spiro atoms. The van der Waals surface area contributed by atoms with E-state index in [1.807, 2.05) is 23.4 Å². The average molecular weight is 302 g/mol. The van der Waals surface area contributed by atoms with E-state index in [1.54, 1.807) is 11.0 Å². The van der Waals surface area contributed by atoms with Crippen LogP contribution in [0, 0.1) is 13.8 Å². The third-order valence-electron chi connectivity index (χ3n) is 4.34. The van der Waals surface area contributed by atoms with E-state index in [4.69, 9.17) is 0 Å². The third-order valence-corrected chi connectivity index (χ3v) is 4.34. The second-order valence-corrected chi connectivity index (χ2v) is 5.99. The Morgan fingerprint density at radius 2 is 2.27 bits per heavy atom. The molecule has 0 bridgehead atoms. The van der Waals surface area contributed by atoms with Crippen LogP contribution in [-0.2, 0) is 11.3 Å². The standard InChI is InChI=1S/C15H22N6O/c1-11-7-12(2)20(18-11)8-14-5-4-6-19(14)15(22)13(3)21-10-16-9-17-21/h7,9-10,13-14H,4-6,8H2,1-3H3. The van der Waals surface area contributed by atoms with Gasteiger partial charge in [-0.3, -0.25) is 9.48 Å². The Morgan fingerprint density at radius 1 is 1.45 bits per heavy atom. The first-order chi connectivity index (χ1) is 10.6. The second-order valence-electron chi connectivity index (χ2n) is 5.99. The lowest BCUT2D eigenvalue weighted by molar-refractivity contribution is -0.135. The zero-order valence-corrected chi connectivity index (χ0v) is 13.3. The molecule has 0 aromatic carbocycles. The van der Waals surface area contributed by atoms with Gasteiger partial charge in [0.05, 0.1) is 18.3 Å². The first-order valence-corrected chi connectivity index (χ1v) is 7.72. The molecule has 3 rings (SSSR count). The summed E-state index contributed by atoms with van der Waals surface area (Å²) in [6.07, 6.45) is 5.11. The molecule has 22 heavy (non-hydrogen) atoms. The number of amides is 1. The molecular weight excluding hydrogens is 280 g/mol. The predicted octanol–water partition coefficient (Wildman–Crippen LogP) is 1.34. The fourth-order valence-electron chi connectivity index (χ4n) is 3.15. The zero-order chi connectivity index (χ0) is 15.7. The quantitative estimate of drug-likeness (QED) is 0.855. The van der Waals surface area contributed by atoms with Crippen molar-refractivity contribution in [3.8, 4) is 0 Å². The Bertz CT molecular complexity index is 647. The lowest BCUT2D eigenvalue weighted by Gasteiger charge is -2.27. The van der Waals surface area contributed by atoms with Gasteiger partial charge in [0.1, 0.15) is 18.7 Å². The lowest BCUT2D eigenvalue weighted by Crippen LogP contribution is -2.42. The summed E-state index contributed by atoms with van der Waals surface area (Å²) < 4.78 is 3.62. The first-order valence-electron chi connectivity index (χ1n) is 7.72. The van der Waals surface area contributed by atoms with E-state index in [0.29, 0.717) is 0 Å². The molecule has 1 aliphatic heterocycles. The fraction of sp³-hybridized carbons (Fsp3) is 0.600. The van der Waals surface area contributed by atoms with Crippen molar-refractivity contribution in [3.63, 3.8) is 0 Å². The highest BCUT2D eigenvalue weighted by atomic mass is 16.2. The highest BCUT2D eigenvalue weighted by molar-refractivity contribution is 5.80. The molecule has 2 atom stereocenters. The van der Waals surface area contributed by atoms with Gasteiger partial charge in [-0.25, -0.2) is 9.67 Å². The summed E-state index contributed by atoms with van der Waals surface area (Å²) in [6.45, 7) is 7.49. The molecular formula is C15H22N6O. The van der Waals surface area contributed by atoms with Gasteiger partial charge in [-0.15, -0.1) is 0 Å².